The molecule has 8 heteroatoms. The van der Waals surface area contributed by atoms with Gasteiger partial charge >= 0.3 is 0 Å². The first-order chi connectivity index (χ1) is 13.1. The molecule has 1 fully saturated rings. The standard InChI is InChI=1S/C19H20N6OS/c1-12-10-13(2)21-19(20-12)27-11-16-17(18(26)22-14-8-9-14)23-24-25(16)15-6-4-3-5-7-15/h3-7,10,14H,8-9,11H2,1-2H3,(H,22,26). The fourth-order valence-corrected chi connectivity index (χ4v) is 3.70. The summed E-state index contributed by atoms with van der Waals surface area (Å²) in [6.07, 6.45) is 2.05. The summed E-state index contributed by atoms with van der Waals surface area (Å²) in [4.78, 5) is 21.6. The molecule has 0 bridgehead atoms. The van der Waals surface area contributed by atoms with E-state index in [2.05, 4.69) is 25.6 Å². The minimum Gasteiger partial charge on any atom is -0.348 e. The Morgan fingerprint density at radius 1 is 1.19 bits per heavy atom. The van der Waals surface area contributed by atoms with E-state index >= 15 is 0 Å². The quantitative estimate of drug-likeness (QED) is 0.523. The average Bonchev–Trinajstić information content (AvgIpc) is 3.35. The summed E-state index contributed by atoms with van der Waals surface area (Å²) in [6, 6.07) is 11.9. The van der Waals surface area contributed by atoms with Crippen molar-refractivity contribution in [1.29, 1.82) is 0 Å². The highest BCUT2D eigenvalue weighted by molar-refractivity contribution is 7.98. The molecule has 2 aromatic heterocycles. The summed E-state index contributed by atoms with van der Waals surface area (Å²) in [5.41, 5.74) is 3.82. The van der Waals surface area contributed by atoms with E-state index in [1.165, 1.54) is 11.8 Å². The number of aromatic nitrogens is 5. The zero-order chi connectivity index (χ0) is 18.8. The number of hydrogen-bond acceptors (Lipinski definition) is 6. The second-order valence-corrected chi connectivity index (χ2v) is 7.54. The van der Waals surface area contributed by atoms with Crippen LogP contribution in [0.5, 0.6) is 0 Å². The molecule has 0 aliphatic heterocycles. The maximum absolute atomic E-state index is 12.6. The summed E-state index contributed by atoms with van der Waals surface area (Å²) in [7, 11) is 0. The molecular weight excluding hydrogens is 360 g/mol. The summed E-state index contributed by atoms with van der Waals surface area (Å²) < 4.78 is 1.72. The molecule has 0 saturated heterocycles. The molecule has 0 radical (unpaired) electrons. The second-order valence-electron chi connectivity index (χ2n) is 6.60. The molecule has 2 heterocycles. The molecule has 1 saturated carbocycles. The minimum atomic E-state index is -0.170. The summed E-state index contributed by atoms with van der Waals surface area (Å²) >= 11 is 1.48. The lowest BCUT2D eigenvalue weighted by Crippen LogP contribution is -2.26. The van der Waals surface area contributed by atoms with E-state index in [1.807, 2.05) is 50.2 Å². The normalized spacial score (nSPS) is 13.6. The van der Waals surface area contributed by atoms with E-state index in [0.29, 0.717) is 16.6 Å². The lowest BCUT2D eigenvalue weighted by molar-refractivity contribution is 0.0945. The van der Waals surface area contributed by atoms with Crippen LogP contribution in [0, 0.1) is 13.8 Å². The molecule has 4 rings (SSSR count). The van der Waals surface area contributed by atoms with Crippen LogP contribution in [0.2, 0.25) is 0 Å². The van der Waals surface area contributed by atoms with Crippen molar-refractivity contribution in [1.82, 2.24) is 30.3 Å². The topological polar surface area (TPSA) is 85.6 Å². The Morgan fingerprint density at radius 2 is 1.89 bits per heavy atom. The third-order valence-electron chi connectivity index (χ3n) is 4.19. The molecule has 1 aromatic carbocycles. The highest BCUT2D eigenvalue weighted by Gasteiger charge is 2.28. The number of amides is 1. The van der Waals surface area contributed by atoms with Crippen LogP contribution in [0.4, 0.5) is 0 Å². The number of benzene rings is 1. The Bertz CT molecular complexity index is 947. The number of aryl methyl sites for hydroxylation is 2. The molecular formula is C19H20N6OS. The second kappa shape index (κ2) is 7.48. The van der Waals surface area contributed by atoms with Crippen molar-refractivity contribution in [2.45, 2.75) is 43.6 Å². The Hall–Kier alpha value is -2.74. The number of hydrogen-bond donors (Lipinski definition) is 1. The van der Waals surface area contributed by atoms with Crippen molar-refractivity contribution >= 4 is 17.7 Å². The highest BCUT2D eigenvalue weighted by Crippen LogP contribution is 2.25. The van der Waals surface area contributed by atoms with Crippen molar-refractivity contribution in [3.63, 3.8) is 0 Å². The van der Waals surface area contributed by atoms with Crippen molar-refractivity contribution < 1.29 is 4.79 Å². The van der Waals surface area contributed by atoms with E-state index in [-0.39, 0.29) is 11.9 Å². The van der Waals surface area contributed by atoms with Gasteiger partial charge in [-0.1, -0.05) is 35.2 Å². The molecule has 3 aromatic rings. The monoisotopic (exact) mass is 380 g/mol. The van der Waals surface area contributed by atoms with Crippen LogP contribution in [0.3, 0.4) is 0 Å². The van der Waals surface area contributed by atoms with Crippen LogP contribution in [0.15, 0.2) is 41.6 Å². The molecule has 1 aliphatic carbocycles. The summed E-state index contributed by atoms with van der Waals surface area (Å²) in [5, 5.41) is 12.1. The largest absolute Gasteiger partial charge is 0.348 e. The van der Waals surface area contributed by atoms with Crippen LogP contribution in [-0.4, -0.2) is 36.9 Å². The van der Waals surface area contributed by atoms with Crippen molar-refractivity contribution in [2.24, 2.45) is 0 Å². The van der Waals surface area contributed by atoms with Crippen LogP contribution in [0.1, 0.15) is 40.4 Å². The summed E-state index contributed by atoms with van der Waals surface area (Å²) in [5.74, 6) is 0.328. The number of carbonyl (C=O) groups excluding carboxylic acids is 1. The SMILES string of the molecule is Cc1cc(C)nc(SCc2c(C(=O)NC3CC3)nnn2-c2ccccc2)n1. The molecule has 27 heavy (non-hydrogen) atoms. The van der Waals surface area contributed by atoms with Gasteiger partial charge in [-0.3, -0.25) is 4.79 Å². The van der Waals surface area contributed by atoms with Gasteiger partial charge in [0.25, 0.3) is 5.91 Å². The van der Waals surface area contributed by atoms with Gasteiger partial charge in [0, 0.05) is 23.2 Å². The lowest BCUT2D eigenvalue weighted by atomic mass is 10.3. The molecule has 1 aliphatic rings. The fourth-order valence-electron chi connectivity index (χ4n) is 2.76. The molecule has 0 atom stereocenters. The van der Waals surface area contributed by atoms with Gasteiger partial charge in [0.2, 0.25) is 0 Å². The van der Waals surface area contributed by atoms with Gasteiger partial charge in [-0.2, -0.15) is 0 Å². The average molecular weight is 380 g/mol. The third kappa shape index (κ3) is 4.16. The van der Waals surface area contributed by atoms with Crippen LogP contribution >= 0.6 is 11.8 Å². The van der Waals surface area contributed by atoms with Crippen LogP contribution in [-0.2, 0) is 5.75 Å². The zero-order valence-electron chi connectivity index (χ0n) is 15.2. The Morgan fingerprint density at radius 3 is 2.56 bits per heavy atom. The molecule has 138 valence electrons. The first-order valence-electron chi connectivity index (χ1n) is 8.86. The fraction of sp³-hybridized carbons (Fsp3) is 0.316. The Balaban J connectivity index is 1.64. The van der Waals surface area contributed by atoms with Gasteiger partial charge in [-0.25, -0.2) is 14.6 Å². The number of nitrogens with one attached hydrogen (secondary N) is 1. The highest BCUT2D eigenvalue weighted by atomic mass is 32.2. The van der Waals surface area contributed by atoms with Gasteiger partial charge in [0.1, 0.15) is 0 Å². The van der Waals surface area contributed by atoms with Crippen molar-refractivity contribution in [3.05, 3.63) is 59.2 Å². The lowest BCUT2D eigenvalue weighted by Gasteiger charge is -2.08. The molecule has 7 nitrogen and oxygen atoms in total. The maximum Gasteiger partial charge on any atom is 0.274 e. The molecule has 0 unspecified atom stereocenters. The molecule has 1 amide bonds. The Labute approximate surface area is 161 Å². The van der Waals surface area contributed by atoms with Gasteiger partial charge < -0.3 is 5.32 Å². The van der Waals surface area contributed by atoms with E-state index in [1.54, 1.807) is 4.68 Å². The van der Waals surface area contributed by atoms with Crippen molar-refractivity contribution in [2.75, 3.05) is 0 Å². The molecule has 1 N–H and O–H groups in total. The van der Waals surface area contributed by atoms with Gasteiger partial charge in [-0.15, -0.1) is 5.10 Å². The van der Waals surface area contributed by atoms with Crippen LogP contribution < -0.4 is 5.32 Å². The summed E-state index contributed by atoms with van der Waals surface area (Å²) in [6.45, 7) is 3.89. The third-order valence-corrected chi connectivity index (χ3v) is 5.05. The first kappa shape index (κ1) is 17.7. The van der Waals surface area contributed by atoms with Crippen molar-refractivity contribution in [3.8, 4) is 5.69 Å². The van der Waals surface area contributed by atoms with Gasteiger partial charge in [0.15, 0.2) is 10.9 Å². The molecule has 0 spiro atoms. The number of thioether (sulfide) groups is 1. The number of nitrogens with zero attached hydrogens (tertiary/aromatic N) is 5. The van der Waals surface area contributed by atoms with E-state index in [0.717, 1.165) is 35.6 Å². The smallest absolute Gasteiger partial charge is 0.274 e. The number of carbonyl (C=O) groups is 1. The predicted octanol–water partition coefficient (Wildman–Crippen LogP) is 2.86. The van der Waals surface area contributed by atoms with E-state index in [9.17, 15) is 4.79 Å². The van der Waals surface area contributed by atoms with Gasteiger partial charge in [0.05, 0.1) is 11.4 Å². The van der Waals surface area contributed by atoms with Crippen LogP contribution in [0.25, 0.3) is 5.69 Å². The zero-order valence-corrected chi connectivity index (χ0v) is 16.0. The first-order valence-corrected chi connectivity index (χ1v) is 9.84. The van der Waals surface area contributed by atoms with E-state index < -0.39 is 0 Å². The minimum absolute atomic E-state index is 0.170. The maximum atomic E-state index is 12.6. The van der Waals surface area contributed by atoms with E-state index in [4.69, 9.17) is 0 Å². The number of rotatable bonds is 6. The predicted molar refractivity (Wildman–Crippen MR) is 103 cm³/mol. The van der Waals surface area contributed by atoms with Gasteiger partial charge in [-0.05, 0) is 44.9 Å². The number of para-hydroxylation sites is 1. The Kier molecular flexibility index (Phi) is 4.89.